The van der Waals surface area contributed by atoms with Crippen LogP contribution in [0.5, 0.6) is 0 Å². The predicted molar refractivity (Wildman–Crippen MR) is 149 cm³/mol. The van der Waals surface area contributed by atoms with Crippen molar-refractivity contribution in [2.45, 2.75) is 49.3 Å². The zero-order valence-electron chi connectivity index (χ0n) is 21.2. The fourth-order valence-corrected chi connectivity index (χ4v) is 6.22. The number of aliphatic imine (C=N–C) groups is 1. The van der Waals surface area contributed by atoms with E-state index in [1.165, 1.54) is 42.5 Å². The molecule has 9 nitrogen and oxygen atoms in total. The van der Waals surface area contributed by atoms with Gasteiger partial charge in [0.05, 0.1) is 15.5 Å². The van der Waals surface area contributed by atoms with Crippen LogP contribution < -0.4 is 14.8 Å². The topological polar surface area (TPSA) is 134 Å². The molecule has 3 aromatic rings. The number of hydrogen-bond donors (Lipinski definition) is 3. The number of aryl methyl sites for hydroxylation is 1. The summed E-state index contributed by atoms with van der Waals surface area (Å²) in [5.74, 6) is -0.0638. The van der Waals surface area contributed by atoms with E-state index < -0.39 is 26.0 Å². The lowest BCUT2D eigenvalue weighted by molar-refractivity contribution is 0.102. The average molecular weight is 555 g/mol. The standard InChI is InChI=1S/C27H30N4O5S2/c1-19-8-6-11-25(20(19)2)30-37(33,34)23-15-13-21(14-16-23)27(32)29-22-9-7-10-24(18-22)38(35,36)31-26-12-4-3-5-17-28-26/h6-11,13-16,18,30H,3-5,12,17H2,1-2H3,(H,28,31)(H,29,32). The minimum absolute atomic E-state index is 0.00112. The molecule has 0 atom stereocenters. The fraction of sp³-hybridized carbons (Fsp3) is 0.259. The fourth-order valence-electron chi connectivity index (χ4n) is 3.97. The molecule has 0 spiro atoms. The smallest absolute Gasteiger partial charge is 0.262 e. The Morgan fingerprint density at radius 2 is 1.50 bits per heavy atom. The van der Waals surface area contributed by atoms with E-state index >= 15 is 0 Å². The molecule has 1 aliphatic rings. The Hall–Kier alpha value is -3.70. The van der Waals surface area contributed by atoms with Crippen LogP contribution in [0.3, 0.4) is 0 Å². The summed E-state index contributed by atoms with van der Waals surface area (Å²) in [4.78, 5) is 17.1. The molecule has 0 saturated heterocycles. The van der Waals surface area contributed by atoms with Crippen molar-refractivity contribution in [1.29, 1.82) is 0 Å². The van der Waals surface area contributed by atoms with E-state index in [0.29, 0.717) is 24.5 Å². The van der Waals surface area contributed by atoms with Gasteiger partial charge in [-0.15, -0.1) is 0 Å². The number of carbonyl (C=O) groups excluding carboxylic acids is 1. The van der Waals surface area contributed by atoms with Crippen molar-refractivity contribution in [3.05, 3.63) is 83.4 Å². The number of carbonyl (C=O) groups is 1. The summed E-state index contributed by atoms with van der Waals surface area (Å²) in [5.41, 5.74) is 2.78. The third-order valence-electron chi connectivity index (χ3n) is 6.30. The molecule has 4 rings (SSSR count). The molecule has 0 unspecified atom stereocenters. The highest BCUT2D eigenvalue weighted by molar-refractivity contribution is 7.92. The molecule has 0 saturated carbocycles. The SMILES string of the molecule is Cc1cccc(NS(=O)(=O)c2ccc(C(=O)Nc3cccc(S(=O)(=O)NC4=NCCCCC4)c3)cc2)c1C. The molecule has 1 heterocycles. The van der Waals surface area contributed by atoms with Crippen molar-refractivity contribution < 1.29 is 21.6 Å². The van der Waals surface area contributed by atoms with Gasteiger partial charge in [-0.3, -0.25) is 19.2 Å². The lowest BCUT2D eigenvalue weighted by Gasteiger charge is -2.13. The number of amides is 1. The highest BCUT2D eigenvalue weighted by Gasteiger charge is 2.19. The Bertz CT molecular complexity index is 1580. The van der Waals surface area contributed by atoms with Crippen LogP contribution in [-0.4, -0.2) is 35.1 Å². The van der Waals surface area contributed by atoms with Gasteiger partial charge in [0, 0.05) is 24.2 Å². The van der Waals surface area contributed by atoms with Crippen molar-refractivity contribution >= 4 is 43.2 Å². The summed E-state index contributed by atoms with van der Waals surface area (Å²) >= 11 is 0. The van der Waals surface area contributed by atoms with Gasteiger partial charge in [-0.2, -0.15) is 0 Å². The molecule has 200 valence electrons. The summed E-state index contributed by atoms with van der Waals surface area (Å²) in [6, 6.07) is 16.8. The van der Waals surface area contributed by atoms with E-state index in [0.717, 1.165) is 30.4 Å². The van der Waals surface area contributed by atoms with Crippen LogP contribution in [0.1, 0.15) is 47.2 Å². The second-order valence-electron chi connectivity index (χ2n) is 9.10. The molecule has 1 amide bonds. The molecule has 38 heavy (non-hydrogen) atoms. The van der Waals surface area contributed by atoms with E-state index in [1.807, 2.05) is 19.9 Å². The van der Waals surface area contributed by atoms with E-state index in [4.69, 9.17) is 0 Å². The third kappa shape index (κ3) is 6.59. The minimum Gasteiger partial charge on any atom is -0.322 e. The summed E-state index contributed by atoms with van der Waals surface area (Å²) < 4.78 is 56.5. The molecule has 0 bridgehead atoms. The van der Waals surface area contributed by atoms with Gasteiger partial charge in [0.1, 0.15) is 5.84 Å². The van der Waals surface area contributed by atoms with Crippen molar-refractivity contribution in [1.82, 2.24) is 4.72 Å². The second-order valence-corrected chi connectivity index (χ2v) is 12.5. The maximum atomic E-state index is 12.9. The largest absolute Gasteiger partial charge is 0.322 e. The van der Waals surface area contributed by atoms with Crippen LogP contribution in [0.2, 0.25) is 0 Å². The van der Waals surface area contributed by atoms with E-state index in [2.05, 4.69) is 19.8 Å². The number of nitrogens with zero attached hydrogens (tertiary/aromatic N) is 1. The Labute approximate surface area is 223 Å². The Balaban J connectivity index is 1.45. The number of sulfonamides is 2. The van der Waals surface area contributed by atoms with Gasteiger partial charge in [0.15, 0.2) is 0 Å². The molecule has 11 heteroatoms. The van der Waals surface area contributed by atoms with Crippen LogP contribution in [0.25, 0.3) is 0 Å². The number of hydrogen-bond acceptors (Lipinski definition) is 6. The quantitative estimate of drug-likeness (QED) is 0.392. The van der Waals surface area contributed by atoms with Crippen molar-refractivity contribution in [2.75, 3.05) is 16.6 Å². The van der Waals surface area contributed by atoms with Crippen LogP contribution >= 0.6 is 0 Å². The molecular weight excluding hydrogens is 524 g/mol. The first-order valence-electron chi connectivity index (χ1n) is 12.2. The van der Waals surface area contributed by atoms with Gasteiger partial charge in [-0.25, -0.2) is 16.8 Å². The average Bonchev–Trinajstić information content (AvgIpc) is 3.15. The number of benzene rings is 3. The lowest BCUT2D eigenvalue weighted by atomic mass is 10.1. The zero-order valence-corrected chi connectivity index (χ0v) is 22.8. The van der Waals surface area contributed by atoms with Gasteiger partial charge in [0.2, 0.25) is 0 Å². The molecule has 3 N–H and O–H groups in total. The summed E-state index contributed by atoms with van der Waals surface area (Å²) in [7, 11) is -7.71. The Morgan fingerprint density at radius 3 is 2.26 bits per heavy atom. The summed E-state index contributed by atoms with van der Waals surface area (Å²) in [5, 5.41) is 2.67. The van der Waals surface area contributed by atoms with E-state index in [9.17, 15) is 21.6 Å². The first kappa shape index (κ1) is 27.3. The lowest BCUT2D eigenvalue weighted by Crippen LogP contribution is -2.30. The van der Waals surface area contributed by atoms with Crippen molar-refractivity contribution in [2.24, 2.45) is 4.99 Å². The summed E-state index contributed by atoms with van der Waals surface area (Å²) in [6.07, 6.45) is 3.38. The molecule has 0 radical (unpaired) electrons. The molecule has 3 aromatic carbocycles. The molecule has 0 fully saturated rings. The zero-order chi connectivity index (χ0) is 27.3. The molecule has 0 aliphatic carbocycles. The van der Waals surface area contributed by atoms with Crippen LogP contribution in [0.4, 0.5) is 11.4 Å². The number of amidine groups is 1. The maximum Gasteiger partial charge on any atom is 0.262 e. The minimum atomic E-state index is -3.86. The number of rotatable bonds is 7. The van der Waals surface area contributed by atoms with Gasteiger partial charge in [0.25, 0.3) is 26.0 Å². The van der Waals surface area contributed by atoms with E-state index in [-0.39, 0.29) is 21.0 Å². The highest BCUT2D eigenvalue weighted by Crippen LogP contribution is 2.23. The third-order valence-corrected chi connectivity index (χ3v) is 9.06. The molecule has 1 aliphatic heterocycles. The van der Waals surface area contributed by atoms with Crippen LogP contribution in [-0.2, 0) is 20.0 Å². The van der Waals surface area contributed by atoms with E-state index in [1.54, 1.807) is 18.2 Å². The van der Waals surface area contributed by atoms with Crippen LogP contribution in [0.15, 0.2) is 81.5 Å². The van der Waals surface area contributed by atoms with Gasteiger partial charge >= 0.3 is 0 Å². The monoisotopic (exact) mass is 554 g/mol. The Kier molecular flexibility index (Phi) is 8.17. The van der Waals surface area contributed by atoms with Crippen molar-refractivity contribution in [3.63, 3.8) is 0 Å². The normalized spacial score (nSPS) is 14.2. The number of nitrogens with one attached hydrogen (secondary N) is 3. The van der Waals surface area contributed by atoms with Crippen molar-refractivity contribution in [3.8, 4) is 0 Å². The number of anilines is 2. The second kappa shape index (κ2) is 11.4. The van der Waals surface area contributed by atoms with Gasteiger partial charge < -0.3 is 5.32 Å². The van der Waals surface area contributed by atoms with Crippen LogP contribution in [0, 0.1) is 13.8 Å². The molecule has 0 aromatic heterocycles. The van der Waals surface area contributed by atoms with Gasteiger partial charge in [-0.1, -0.05) is 24.6 Å². The maximum absolute atomic E-state index is 12.9. The van der Waals surface area contributed by atoms with Gasteiger partial charge in [-0.05, 0) is 86.3 Å². The highest BCUT2D eigenvalue weighted by atomic mass is 32.2. The first-order valence-corrected chi connectivity index (χ1v) is 15.2. The predicted octanol–water partition coefficient (Wildman–Crippen LogP) is 4.61. The first-order chi connectivity index (χ1) is 18.0. The molecular formula is C27H30N4O5S2. The summed E-state index contributed by atoms with van der Waals surface area (Å²) in [6.45, 7) is 4.33. The Morgan fingerprint density at radius 1 is 0.789 bits per heavy atom.